The van der Waals surface area contributed by atoms with E-state index < -0.39 is 12.5 Å². The predicted octanol–water partition coefficient (Wildman–Crippen LogP) is 4.52. The Morgan fingerprint density at radius 1 is 1.03 bits per heavy atom. The van der Waals surface area contributed by atoms with Crippen LogP contribution in [-0.2, 0) is 28.8 Å². The molecule has 3 rings (SSSR count). The molecule has 1 amide bonds. The largest absolute Gasteiger partial charge is 0.493 e. The highest BCUT2D eigenvalue weighted by Gasteiger charge is 2.17. The fourth-order valence-corrected chi connectivity index (χ4v) is 3.72. The SMILES string of the molecule is COc1ccc(CCNC(=O)/C(=C/OC(F)F)c2ccc3c(c2)CCCC3)cc1OC. The smallest absolute Gasteiger partial charge is 0.386 e. The van der Waals surface area contributed by atoms with E-state index in [2.05, 4.69) is 10.1 Å². The Bertz CT molecular complexity index is 943. The lowest BCUT2D eigenvalue weighted by atomic mass is 9.89. The van der Waals surface area contributed by atoms with Gasteiger partial charge < -0.3 is 19.5 Å². The number of benzene rings is 2. The first kappa shape index (κ1) is 22.6. The maximum atomic E-state index is 12.8. The molecule has 1 aliphatic rings. The van der Waals surface area contributed by atoms with Gasteiger partial charge in [-0.15, -0.1) is 0 Å². The van der Waals surface area contributed by atoms with E-state index in [-0.39, 0.29) is 5.57 Å². The van der Waals surface area contributed by atoms with Crippen LogP contribution in [0.25, 0.3) is 5.57 Å². The van der Waals surface area contributed by atoms with Crippen LogP contribution in [0.2, 0.25) is 0 Å². The molecule has 0 unspecified atom stereocenters. The summed E-state index contributed by atoms with van der Waals surface area (Å²) in [4.78, 5) is 12.8. The molecule has 1 aliphatic carbocycles. The Morgan fingerprint density at radius 3 is 2.48 bits per heavy atom. The molecule has 1 N–H and O–H groups in total. The number of amides is 1. The molecule has 0 radical (unpaired) electrons. The maximum absolute atomic E-state index is 12.8. The summed E-state index contributed by atoms with van der Waals surface area (Å²) in [5.74, 6) is 0.764. The van der Waals surface area contributed by atoms with Gasteiger partial charge in [-0.3, -0.25) is 4.79 Å². The highest BCUT2D eigenvalue weighted by molar-refractivity contribution is 6.19. The van der Waals surface area contributed by atoms with Crippen molar-refractivity contribution in [1.29, 1.82) is 0 Å². The summed E-state index contributed by atoms with van der Waals surface area (Å²) >= 11 is 0. The molecule has 0 aromatic heterocycles. The normalized spacial score (nSPS) is 13.5. The average Bonchev–Trinajstić information content (AvgIpc) is 2.78. The monoisotopic (exact) mass is 431 g/mol. The lowest BCUT2D eigenvalue weighted by Gasteiger charge is -2.17. The van der Waals surface area contributed by atoms with Crippen molar-refractivity contribution in [3.63, 3.8) is 0 Å². The molecular weight excluding hydrogens is 404 g/mol. The summed E-state index contributed by atoms with van der Waals surface area (Å²) in [6.07, 6.45) is 5.54. The molecule has 31 heavy (non-hydrogen) atoms. The third-order valence-corrected chi connectivity index (χ3v) is 5.34. The standard InChI is InChI=1S/C24H27F2NO4/c1-29-21-10-7-16(13-22(21)30-2)11-12-27-23(28)20(15-31-24(25)26)19-9-8-17-5-3-4-6-18(17)14-19/h7-10,13-15,24H,3-6,11-12H2,1-2H3,(H,27,28)/b20-15+. The van der Waals surface area contributed by atoms with Crippen LogP contribution in [-0.4, -0.2) is 33.3 Å². The number of ether oxygens (including phenoxy) is 3. The molecule has 2 aromatic rings. The minimum atomic E-state index is -2.99. The average molecular weight is 431 g/mol. The first-order chi connectivity index (χ1) is 15.0. The third kappa shape index (κ3) is 5.96. The molecule has 7 heteroatoms. The van der Waals surface area contributed by atoms with Gasteiger partial charge in [0.25, 0.3) is 5.91 Å². The number of aryl methyl sites for hydroxylation is 2. The van der Waals surface area contributed by atoms with Crippen molar-refractivity contribution < 1.29 is 27.8 Å². The molecule has 0 saturated carbocycles. The molecule has 0 saturated heterocycles. The summed E-state index contributed by atoms with van der Waals surface area (Å²) in [6, 6.07) is 11.2. The number of hydrogen-bond donors (Lipinski definition) is 1. The van der Waals surface area contributed by atoms with Crippen molar-refractivity contribution in [2.75, 3.05) is 20.8 Å². The van der Waals surface area contributed by atoms with Crippen LogP contribution in [0.1, 0.15) is 35.1 Å². The molecule has 0 heterocycles. The zero-order valence-corrected chi connectivity index (χ0v) is 17.8. The highest BCUT2D eigenvalue weighted by Crippen LogP contribution is 2.28. The quantitative estimate of drug-likeness (QED) is 0.469. The lowest BCUT2D eigenvalue weighted by molar-refractivity contribution is -0.116. The number of carbonyl (C=O) groups is 1. The Balaban J connectivity index is 1.70. The first-order valence-electron chi connectivity index (χ1n) is 10.3. The molecule has 0 fully saturated rings. The van der Waals surface area contributed by atoms with E-state index in [1.54, 1.807) is 26.4 Å². The number of fused-ring (bicyclic) bond motifs is 1. The Morgan fingerprint density at radius 2 is 1.77 bits per heavy atom. The molecule has 0 spiro atoms. The summed E-state index contributed by atoms with van der Waals surface area (Å²) in [7, 11) is 3.12. The lowest BCUT2D eigenvalue weighted by Crippen LogP contribution is -2.27. The van der Waals surface area contributed by atoms with Crippen molar-refractivity contribution in [2.45, 2.75) is 38.7 Å². The van der Waals surface area contributed by atoms with Crippen molar-refractivity contribution >= 4 is 11.5 Å². The van der Waals surface area contributed by atoms with Gasteiger partial charge in [0, 0.05) is 6.54 Å². The summed E-state index contributed by atoms with van der Waals surface area (Å²) in [5, 5.41) is 2.80. The number of rotatable bonds is 9. The fraction of sp³-hybridized carbons (Fsp3) is 0.375. The Labute approximate surface area is 181 Å². The van der Waals surface area contributed by atoms with Crippen LogP contribution in [0.5, 0.6) is 11.5 Å². The van der Waals surface area contributed by atoms with Gasteiger partial charge in [-0.05, 0) is 66.5 Å². The van der Waals surface area contributed by atoms with Gasteiger partial charge >= 0.3 is 6.61 Å². The molecule has 0 bridgehead atoms. The molecule has 0 aliphatic heterocycles. The van der Waals surface area contributed by atoms with E-state index >= 15 is 0 Å². The van der Waals surface area contributed by atoms with E-state index in [0.717, 1.165) is 43.1 Å². The molecule has 166 valence electrons. The van der Waals surface area contributed by atoms with Gasteiger partial charge in [0.2, 0.25) is 0 Å². The number of hydrogen-bond acceptors (Lipinski definition) is 4. The zero-order valence-electron chi connectivity index (χ0n) is 17.8. The zero-order chi connectivity index (χ0) is 22.2. The molecule has 5 nitrogen and oxygen atoms in total. The topological polar surface area (TPSA) is 56.8 Å². The van der Waals surface area contributed by atoms with E-state index in [0.29, 0.717) is 30.0 Å². The second-order valence-corrected chi connectivity index (χ2v) is 7.31. The highest BCUT2D eigenvalue weighted by atomic mass is 19.3. The van der Waals surface area contributed by atoms with Gasteiger partial charge in [-0.2, -0.15) is 8.78 Å². The van der Waals surface area contributed by atoms with Crippen LogP contribution >= 0.6 is 0 Å². The van der Waals surface area contributed by atoms with Crippen LogP contribution in [0.15, 0.2) is 42.7 Å². The van der Waals surface area contributed by atoms with Crippen molar-refractivity contribution in [1.82, 2.24) is 5.32 Å². The van der Waals surface area contributed by atoms with Crippen LogP contribution in [0.3, 0.4) is 0 Å². The number of carbonyl (C=O) groups excluding carboxylic acids is 1. The van der Waals surface area contributed by atoms with Crippen LogP contribution in [0.4, 0.5) is 8.78 Å². The van der Waals surface area contributed by atoms with Crippen molar-refractivity contribution in [3.05, 3.63) is 64.9 Å². The van der Waals surface area contributed by atoms with Crippen molar-refractivity contribution in [3.8, 4) is 11.5 Å². The number of alkyl halides is 2. The summed E-state index contributed by atoms with van der Waals surface area (Å²) in [6.45, 7) is -2.67. The predicted molar refractivity (Wildman–Crippen MR) is 114 cm³/mol. The van der Waals surface area contributed by atoms with Gasteiger partial charge in [0.05, 0.1) is 19.8 Å². The molecule has 0 atom stereocenters. The maximum Gasteiger partial charge on any atom is 0.386 e. The van der Waals surface area contributed by atoms with Gasteiger partial charge in [0.15, 0.2) is 11.5 Å². The van der Waals surface area contributed by atoms with Crippen LogP contribution < -0.4 is 14.8 Å². The van der Waals surface area contributed by atoms with Gasteiger partial charge in [-0.1, -0.05) is 24.3 Å². The fourth-order valence-electron chi connectivity index (χ4n) is 3.72. The van der Waals surface area contributed by atoms with E-state index in [9.17, 15) is 13.6 Å². The third-order valence-electron chi connectivity index (χ3n) is 5.34. The Hall–Kier alpha value is -3.09. The number of halogens is 2. The van der Waals surface area contributed by atoms with Gasteiger partial charge in [0.1, 0.15) is 6.26 Å². The van der Waals surface area contributed by atoms with E-state index in [1.807, 2.05) is 24.3 Å². The second-order valence-electron chi connectivity index (χ2n) is 7.31. The van der Waals surface area contributed by atoms with Crippen molar-refractivity contribution in [2.24, 2.45) is 0 Å². The summed E-state index contributed by atoms with van der Waals surface area (Å²) < 4.78 is 40.1. The second kappa shape index (κ2) is 10.8. The number of methoxy groups -OCH3 is 2. The van der Waals surface area contributed by atoms with Crippen LogP contribution in [0, 0.1) is 0 Å². The summed E-state index contributed by atoms with van der Waals surface area (Å²) in [5.41, 5.74) is 4.01. The van der Waals surface area contributed by atoms with E-state index in [4.69, 9.17) is 9.47 Å². The Kier molecular flexibility index (Phi) is 7.87. The van der Waals surface area contributed by atoms with E-state index in [1.165, 1.54) is 5.56 Å². The minimum Gasteiger partial charge on any atom is -0.493 e. The minimum absolute atomic E-state index is 0.0842. The number of nitrogens with one attached hydrogen (secondary N) is 1. The first-order valence-corrected chi connectivity index (χ1v) is 10.3. The molecular formula is C24H27F2NO4. The molecule has 2 aromatic carbocycles. The van der Waals surface area contributed by atoms with Gasteiger partial charge in [-0.25, -0.2) is 0 Å².